The molecule has 0 N–H and O–H groups in total. The molecule has 1 fully saturated rings. The lowest BCUT2D eigenvalue weighted by atomic mass is 9.66. The molecule has 1 saturated carbocycles. The SMILES string of the molecule is CCC(CCCc1ccccc1)(CC1CCCCC1)c1ccccc1. The van der Waals surface area contributed by atoms with Gasteiger partial charge in [-0.3, -0.25) is 0 Å². The van der Waals surface area contributed by atoms with Gasteiger partial charge in [-0.1, -0.05) is 99.7 Å². The summed E-state index contributed by atoms with van der Waals surface area (Å²) < 4.78 is 0. The second-order valence-electron chi connectivity index (χ2n) is 8.05. The zero-order valence-corrected chi connectivity index (χ0v) is 15.9. The van der Waals surface area contributed by atoms with Gasteiger partial charge in [0.05, 0.1) is 0 Å². The summed E-state index contributed by atoms with van der Waals surface area (Å²) in [5.74, 6) is 0.936. The summed E-state index contributed by atoms with van der Waals surface area (Å²) in [7, 11) is 0. The van der Waals surface area contributed by atoms with Gasteiger partial charge in [0.2, 0.25) is 0 Å². The van der Waals surface area contributed by atoms with Crippen molar-refractivity contribution in [3.05, 3.63) is 71.8 Å². The van der Waals surface area contributed by atoms with E-state index in [1.165, 1.54) is 69.8 Å². The van der Waals surface area contributed by atoms with E-state index in [4.69, 9.17) is 0 Å². The lowest BCUT2D eigenvalue weighted by Gasteiger charge is -2.38. The molecule has 0 heterocycles. The van der Waals surface area contributed by atoms with Crippen LogP contribution in [0.4, 0.5) is 0 Å². The van der Waals surface area contributed by atoms with Gasteiger partial charge in [0, 0.05) is 0 Å². The first-order chi connectivity index (χ1) is 12.3. The number of rotatable bonds is 8. The summed E-state index contributed by atoms with van der Waals surface area (Å²) in [5.41, 5.74) is 3.44. The van der Waals surface area contributed by atoms with Crippen LogP contribution in [0.2, 0.25) is 0 Å². The third-order valence-corrected chi connectivity index (χ3v) is 6.43. The Balaban J connectivity index is 1.72. The Morgan fingerprint density at radius 1 is 0.840 bits per heavy atom. The topological polar surface area (TPSA) is 0 Å². The molecule has 3 rings (SSSR count). The van der Waals surface area contributed by atoms with Crippen molar-refractivity contribution in [3.8, 4) is 0 Å². The molecular weight excluding hydrogens is 300 g/mol. The van der Waals surface area contributed by atoms with E-state index < -0.39 is 0 Å². The smallest absolute Gasteiger partial charge is 0.00468 e. The zero-order valence-electron chi connectivity index (χ0n) is 15.9. The van der Waals surface area contributed by atoms with E-state index in [0.29, 0.717) is 5.41 Å². The minimum atomic E-state index is 0.373. The number of hydrogen-bond acceptors (Lipinski definition) is 0. The van der Waals surface area contributed by atoms with E-state index in [1.807, 2.05) is 0 Å². The molecule has 0 bridgehead atoms. The van der Waals surface area contributed by atoms with Crippen LogP contribution in [-0.2, 0) is 11.8 Å². The van der Waals surface area contributed by atoms with E-state index in [0.717, 1.165) is 5.92 Å². The van der Waals surface area contributed by atoms with E-state index >= 15 is 0 Å². The molecule has 1 aliphatic rings. The van der Waals surface area contributed by atoms with Crippen LogP contribution in [0.15, 0.2) is 60.7 Å². The summed E-state index contributed by atoms with van der Waals surface area (Å²) in [6, 6.07) is 22.4. The van der Waals surface area contributed by atoms with Crippen LogP contribution in [-0.4, -0.2) is 0 Å². The normalized spacial score (nSPS) is 18.0. The fraction of sp³-hybridized carbons (Fsp3) is 0.520. The predicted octanol–water partition coefficient (Wildman–Crippen LogP) is 7.33. The number of hydrogen-bond donors (Lipinski definition) is 0. The highest BCUT2D eigenvalue weighted by atomic mass is 14.4. The molecular formula is C25H34. The molecule has 134 valence electrons. The monoisotopic (exact) mass is 334 g/mol. The van der Waals surface area contributed by atoms with E-state index in [1.54, 1.807) is 5.56 Å². The Morgan fingerprint density at radius 3 is 2.12 bits per heavy atom. The van der Waals surface area contributed by atoms with E-state index in [-0.39, 0.29) is 0 Å². The Hall–Kier alpha value is -1.56. The maximum absolute atomic E-state index is 2.42. The second kappa shape index (κ2) is 9.22. The van der Waals surface area contributed by atoms with Crippen LogP contribution >= 0.6 is 0 Å². The Labute approximate surface area is 154 Å². The maximum Gasteiger partial charge on any atom is -0.00468 e. The van der Waals surface area contributed by atoms with Crippen molar-refractivity contribution >= 4 is 0 Å². The summed E-state index contributed by atoms with van der Waals surface area (Å²) in [6.45, 7) is 2.42. The van der Waals surface area contributed by atoms with Crippen LogP contribution < -0.4 is 0 Å². The van der Waals surface area contributed by atoms with Crippen molar-refractivity contribution in [1.82, 2.24) is 0 Å². The van der Waals surface area contributed by atoms with Gasteiger partial charge >= 0.3 is 0 Å². The number of aryl methyl sites for hydroxylation is 1. The first-order valence-electron chi connectivity index (χ1n) is 10.4. The van der Waals surface area contributed by atoms with Gasteiger partial charge < -0.3 is 0 Å². The Kier molecular flexibility index (Phi) is 6.73. The van der Waals surface area contributed by atoms with Crippen LogP contribution in [0.3, 0.4) is 0 Å². The van der Waals surface area contributed by atoms with Crippen molar-refractivity contribution in [1.29, 1.82) is 0 Å². The molecule has 1 aliphatic carbocycles. The van der Waals surface area contributed by atoms with Gasteiger partial charge in [0.25, 0.3) is 0 Å². The molecule has 0 nitrogen and oxygen atoms in total. The third kappa shape index (κ3) is 4.97. The quantitative estimate of drug-likeness (QED) is 0.474. The van der Waals surface area contributed by atoms with E-state index in [9.17, 15) is 0 Å². The molecule has 1 atom stereocenters. The minimum absolute atomic E-state index is 0.373. The van der Waals surface area contributed by atoms with Crippen molar-refractivity contribution < 1.29 is 0 Å². The predicted molar refractivity (Wildman–Crippen MR) is 109 cm³/mol. The average molecular weight is 335 g/mol. The lowest BCUT2D eigenvalue weighted by molar-refractivity contribution is 0.234. The van der Waals surface area contributed by atoms with E-state index in [2.05, 4.69) is 67.6 Å². The highest BCUT2D eigenvalue weighted by Crippen LogP contribution is 2.42. The fourth-order valence-corrected chi connectivity index (χ4v) is 4.90. The van der Waals surface area contributed by atoms with Gasteiger partial charge in [-0.2, -0.15) is 0 Å². The summed E-state index contributed by atoms with van der Waals surface area (Å²) in [6.07, 6.45) is 13.7. The molecule has 25 heavy (non-hydrogen) atoms. The van der Waals surface area contributed by atoms with Gasteiger partial charge in [0.15, 0.2) is 0 Å². The van der Waals surface area contributed by atoms with Crippen LogP contribution in [0.5, 0.6) is 0 Å². The molecule has 0 heteroatoms. The Bertz CT molecular complexity index is 594. The zero-order chi connectivity index (χ0) is 17.4. The Morgan fingerprint density at radius 2 is 1.48 bits per heavy atom. The molecule has 2 aromatic rings. The standard InChI is InChI=1S/C25H34/c1-2-25(24-18-10-5-11-19-24,21-23-15-8-4-9-16-23)20-12-17-22-13-6-3-7-14-22/h3,5-7,10-11,13-14,18-19,23H,2,4,8-9,12,15-17,20-21H2,1H3. The minimum Gasteiger partial charge on any atom is -0.0645 e. The van der Waals surface area contributed by atoms with Crippen LogP contribution in [0, 0.1) is 5.92 Å². The van der Waals surface area contributed by atoms with Crippen molar-refractivity contribution in [2.45, 2.75) is 76.5 Å². The summed E-state index contributed by atoms with van der Waals surface area (Å²) >= 11 is 0. The third-order valence-electron chi connectivity index (χ3n) is 6.43. The lowest BCUT2D eigenvalue weighted by Crippen LogP contribution is -2.29. The van der Waals surface area contributed by atoms with Gasteiger partial charge in [-0.25, -0.2) is 0 Å². The summed E-state index contributed by atoms with van der Waals surface area (Å²) in [5, 5.41) is 0. The summed E-state index contributed by atoms with van der Waals surface area (Å²) in [4.78, 5) is 0. The first-order valence-corrected chi connectivity index (χ1v) is 10.4. The second-order valence-corrected chi connectivity index (χ2v) is 8.05. The fourth-order valence-electron chi connectivity index (χ4n) is 4.90. The average Bonchev–Trinajstić information content (AvgIpc) is 2.69. The molecule has 0 saturated heterocycles. The highest BCUT2D eigenvalue weighted by molar-refractivity contribution is 5.26. The number of benzene rings is 2. The molecule has 1 unspecified atom stereocenters. The molecule has 0 spiro atoms. The van der Waals surface area contributed by atoms with Crippen LogP contribution in [0.1, 0.15) is 75.8 Å². The van der Waals surface area contributed by atoms with Crippen molar-refractivity contribution in [2.75, 3.05) is 0 Å². The molecule has 0 aromatic heterocycles. The highest BCUT2D eigenvalue weighted by Gasteiger charge is 2.33. The molecule has 2 aromatic carbocycles. The van der Waals surface area contributed by atoms with Gasteiger partial charge in [0.1, 0.15) is 0 Å². The van der Waals surface area contributed by atoms with Crippen LogP contribution in [0.25, 0.3) is 0 Å². The first kappa shape index (κ1) is 18.2. The van der Waals surface area contributed by atoms with Gasteiger partial charge in [-0.05, 0) is 54.6 Å². The molecule has 0 aliphatic heterocycles. The maximum atomic E-state index is 2.42. The molecule has 0 amide bonds. The largest absolute Gasteiger partial charge is 0.0645 e. The van der Waals surface area contributed by atoms with Crippen molar-refractivity contribution in [3.63, 3.8) is 0 Å². The van der Waals surface area contributed by atoms with Gasteiger partial charge in [-0.15, -0.1) is 0 Å². The molecule has 0 radical (unpaired) electrons. The van der Waals surface area contributed by atoms with Crippen molar-refractivity contribution in [2.24, 2.45) is 5.92 Å².